The van der Waals surface area contributed by atoms with Gasteiger partial charge in [0, 0.05) is 6.04 Å². The summed E-state index contributed by atoms with van der Waals surface area (Å²) in [5.41, 5.74) is 7.23. The van der Waals surface area contributed by atoms with Crippen molar-refractivity contribution in [3.05, 3.63) is 29.8 Å². The van der Waals surface area contributed by atoms with E-state index >= 15 is 0 Å². The maximum atomic E-state index is 6.07. The van der Waals surface area contributed by atoms with Crippen LogP contribution in [0.1, 0.15) is 18.0 Å². The average molecular weight is 208 g/mol. The summed E-state index contributed by atoms with van der Waals surface area (Å²) in [6, 6.07) is 8.06. The van der Waals surface area contributed by atoms with Crippen molar-refractivity contribution >= 4 is 0 Å². The van der Waals surface area contributed by atoms with Crippen molar-refractivity contribution in [3.63, 3.8) is 0 Å². The van der Waals surface area contributed by atoms with Gasteiger partial charge in [0.1, 0.15) is 5.75 Å². The minimum absolute atomic E-state index is 0.110. The number of methoxy groups -OCH3 is 1. The molecule has 15 heavy (non-hydrogen) atoms. The fourth-order valence-corrected chi connectivity index (χ4v) is 1.42. The molecule has 1 rings (SSSR count). The van der Waals surface area contributed by atoms with Gasteiger partial charge in [0.2, 0.25) is 0 Å². The molecule has 1 aromatic carbocycles. The number of benzene rings is 1. The Hall–Kier alpha value is -1.06. The molecule has 0 saturated carbocycles. The number of hydrogen-bond donors (Lipinski definition) is 1. The molecule has 0 saturated heterocycles. The summed E-state index contributed by atoms with van der Waals surface area (Å²) >= 11 is 0. The molecule has 2 N–H and O–H groups in total. The largest absolute Gasteiger partial charge is 0.497 e. The van der Waals surface area contributed by atoms with E-state index in [-0.39, 0.29) is 6.04 Å². The second-order valence-corrected chi connectivity index (χ2v) is 3.97. The summed E-state index contributed by atoms with van der Waals surface area (Å²) in [6.45, 7) is 1.01. The lowest BCUT2D eigenvalue weighted by molar-refractivity contribution is 0.382. The Kier molecular flexibility index (Phi) is 4.59. The third kappa shape index (κ3) is 3.90. The summed E-state index contributed by atoms with van der Waals surface area (Å²) < 4.78 is 5.10. The molecule has 84 valence electrons. The van der Waals surface area contributed by atoms with Gasteiger partial charge in [-0.25, -0.2) is 0 Å². The van der Waals surface area contributed by atoms with Crippen LogP contribution in [0.2, 0.25) is 0 Å². The molecular formula is C12H20N2O. The topological polar surface area (TPSA) is 38.5 Å². The van der Waals surface area contributed by atoms with Gasteiger partial charge in [-0.2, -0.15) is 0 Å². The van der Waals surface area contributed by atoms with Gasteiger partial charge in [0.15, 0.2) is 0 Å². The lowest BCUT2D eigenvalue weighted by Gasteiger charge is -2.15. The molecule has 0 aliphatic carbocycles. The molecule has 0 aromatic heterocycles. The first-order valence-corrected chi connectivity index (χ1v) is 5.17. The van der Waals surface area contributed by atoms with E-state index in [2.05, 4.69) is 19.0 Å². The fourth-order valence-electron chi connectivity index (χ4n) is 1.42. The Morgan fingerprint density at radius 3 is 2.33 bits per heavy atom. The van der Waals surface area contributed by atoms with Crippen LogP contribution in [0.5, 0.6) is 5.75 Å². The number of nitrogens with zero attached hydrogens (tertiary/aromatic N) is 1. The van der Waals surface area contributed by atoms with E-state index in [1.165, 1.54) is 0 Å². The molecule has 0 heterocycles. The summed E-state index contributed by atoms with van der Waals surface area (Å²) in [5.74, 6) is 0.874. The van der Waals surface area contributed by atoms with Crippen LogP contribution in [0.25, 0.3) is 0 Å². The standard InChI is InChI=1S/C12H20N2O/c1-14(2)9-8-12(13)10-4-6-11(15-3)7-5-10/h4-7,12H,8-9,13H2,1-3H3. The van der Waals surface area contributed by atoms with Crippen molar-refractivity contribution in [2.24, 2.45) is 5.73 Å². The van der Waals surface area contributed by atoms with Crippen LogP contribution in [0, 0.1) is 0 Å². The third-order valence-electron chi connectivity index (χ3n) is 2.43. The molecule has 0 bridgehead atoms. The molecule has 0 aliphatic heterocycles. The second-order valence-electron chi connectivity index (χ2n) is 3.97. The average Bonchev–Trinajstić information content (AvgIpc) is 2.26. The summed E-state index contributed by atoms with van der Waals surface area (Å²) in [5, 5.41) is 0. The van der Waals surface area contributed by atoms with E-state index in [9.17, 15) is 0 Å². The Morgan fingerprint density at radius 1 is 1.27 bits per heavy atom. The van der Waals surface area contributed by atoms with Crippen molar-refractivity contribution in [2.45, 2.75) is 12.5 Å². The van der Waals surface area contributed by atoms with E-state index in [1.807, 2.05) is 24.3 Å². The zero-order valence-corrected chi connectivity index (χ0v) is 9.73. The highest BCUT2D eigenvalue weighted by Gasteiger charge is 2.06. The van der Waals surface area contributed by atoms with Gasteiger partial charge in [-0.05, 0) is 44.8 Å². The van der Waals surface area contributed by atoms with Gasteiger partial charge in [-0.3, -0.25) is 0 Å². The first kappa shape index (κ1) is 12.0. The quantitative estimate of drug-likeness (QED) is 0.799. The van der Waals surface area contributed by atoms with Crippen molar-refractivity contribution < 1.29 is 4.74 Å². The van der Waals surface area contributed by atoms with Gasteiger partial charge >= 0.3 is 0 Å². The molecule has 0 fully saturated rings. The van der Waals surface area contributed by atoms with Crippen LogP contribution < -0.4 is 10.5 Å². The molecule has 1 unspecified atom stereocenters. The third-order valence-corrected chi connectivity index (χ3v) is 2.43. The van der Waals surface area contributed by atoms with Gasteiger partial charge in [0.05, 0.1) is 7.11 Å². The highest BCUT2D eigenvalue weighted by Crippen LogP contribution is 2.18. The Morgan fingerprint density at radius 2 is 1.87 bits per heavy atom. The maximum absolute atomic E-state index is 6.07. The highest BCUT2D eigenvalue weighted by molar-refractivity contribution is 5.28. The smallest absolute Gasteiger partial charge is 0.118 e. The van der Waals surface area contributed by atoms with Crippen LogP contribution in [0.3, 0.4) is 0 Å². The number of hydrogen-bond acceptors (Lipinski definition) is 3. The molecule has 1 atom stereocenters. The van der Waals surface area contributed by atoms with E-state index in [1.54, 1.807) is 7.11 Å². The zero-order valence-electron chi connectivity index (χ0n) is 9.73. The Bertz CT molecular complexity index is 282. The summed E-state index contributed by atoms with van der Waals surface area (Å²) in [7, 11) is 5.78. The number of nitrogens with two attached hydrogens (primary N) is 1. The fraction of sp³-hybridized carbons (Fsp3) is 0.500. The zero-order chi connectivity index (χ0) is 11.3. The van der Waals surface area contributed by atoms with Gasteiger partial charge in [-0.15, -0.1) is 0 Å². The van der Waals surface area contributed by atoms with E-state index in [0.717, 1.165) is 24.3 Å². The second kappa shape index (κ2) is 5.73. The normalized spacial score (nSPS) is 12.9. The minimum Gasteiger partial charge on any atom is -0.497 e. The summed E-state index contributed by atoms with van der Waals surface area (Å²) in [4.78, 5) is 2.14. The molecule has 0 spiro atoms. The Labute approximate surface area is 91.8 Å². The van der Waals surface area contributed by atoms with Crippen LogP contribution >= 0.6 is 0 Å². The molecule has 0 amide bonds. The van der Waals surface area contributed by atoms with Crippen molar-refractivity contribution in [3.8, 4) is 5.75 Å². The highest BCUT2D eigenvalue weighted by atomic mass is 16.5. The SMILES string of the molecule is COc1ccc(C(N)CCN(C)C)cc1. The molecule has 0 aliphatic rings. The number of ether oxygens (including phenoxy) is 1. The minimum atomic E-state index is 0.110. The lowest BCUT2D eigenvalue weighted by atomic mass is 10.0. The molecule has 0 radical (unpaired) electrons. The van der Waals surface area contributed by atoms with Crippen LogP contribution in [-0.2, 0) is 0 Å². The molecule has 3 nitrogen and oxygen atoms in total. The van der Waals surface area contributed by atoms with Crippen molar-refractivity contribution in [1.82, 2.24) is 4.90 Å². The van der Waals surface area contributed by atoms with Crippen LogP contribution in [0.4, 0.5) is 0 Å². The van der Waals surface area contributed by atoms with E-state index < -0.39 is 0 Å². The predicted molar refractivity (Wildman–Crippen MR) is 63.1 cm³/mol. The Balaban J connectivity index is 2.54. The first-order valence-electron chi connectivity index (χ1n) is 5.17. The van der Waals surface area contributed by atoms with E-state index in [0.29, 0.717) is 0 Å². The van der Waals surface area contributed by atoms with Crippen LogP contribution in [-0.4, -0.2) is 32.6 Å². The lowest BCUT2D eigenvalue weighted by Crippen LogP contribution is -2.20. The molecule has 3 heteroatoms. The van der Waals surface area contributed by atoms with Crippen molar-refractivity contribution in [1.29, 1.82) is 0 Å². The van der Waals surface area contributed by atoms with E-state index in [4.69, 9.17) is 10.5 Å². The van der Waals surface area contributed by atoms with Gasteiger partial charge in [-0.1, -0.05) is 12.1 Å². The monoisotopic (exact) mass is 208 g/mol. The molecular weight excluding hydrogens is 188 g/mol. The van der Waals surface area contributed by atoms with Crippen LogP contribution in [0.15, 0.2) is 24.3 Å². The molecule has 1 aromatic rings. The summed E-state index contributed by atoms with van der Waals surface area (Å²) in [6.07, 6.45) is 0.972. The number of rotatable bonds is 5. The maximum Gasteiger partial charge on any atom is 0.118 e. The first-order chi connectivity index (χ1) is 7.13. The van der Waals surface area contributed by atoms with Crippen molar-refractivity contribution in [2.75, 3.05) is 27.7 Å². The predicted octanol–water partition coefficient (Wildman–Crippen LogP) is 1.65. The van der Waals surface area contributed by atoms with Gasteiger partial charge < -0.3 is 15.4 Å². The van der Waals surface area contributed by atoms with Gasteiger partial charge in [0.25, 0.3) is 0 Å².